The first-order valence-electron chi connectivity index (χ1n) is 5.68. The summed E-state index contributed by atoms with van der Waals surface area (Å²) in [7, 11) is 0. The Morgan fingerprint density at radius 1 is 1.16 bits per heavy atom. The molecule has 0 aliphatic rings. The number of halogens is 1. The van der Waals surface area contributed by atoms with E-state index in [-0.39, 0.29) is 12.5 Å². The van der Waals surface area contributed by atoms with Gasteiger partial charge in [-0.05, 0) is 36.4 Å². The SMILES string of the molecule is Nc1ccccc1OCC(=O)Nc1ccc(Cl)cc1. The Morgan fingerprint density at radius 2 is 1.84 bits per heavy atom. The topological polar surface area (TPSA) is 64.3 Å². The predicted octanol–water partition coefficient (Wildman–Crippen LogP) is 2.94. The minimum atomic E-state index is -0.259. The highest BCUT2D eigenvalue weighted by Crippen LogP contribution is 2.19. The van der Waals surface area contributed by atoms with Gasteiger partial charge in [-0.2, -0.15) is 0 Å². The summed E-state index contributed by atoms with van der Waals surface area (Å²) in [6.45, 7) is -0.100. The van der Waals surface area contributed by atoms with E-state index in [0.717, 1.165) is 0 Å². The molecular formula is C14H13ClN2O2. The summed E-state index contributed by atoms with van der Waals surface area (Å²) in [5, 5.41) is 3.31. The molecule has 0 spiro atoms. The highest BCUT2D eigenvalue weighted by molar-refractivity contribution is 6.30. The maximum Gasteiger partial charge on any atom is 0.262 e. The smallest absolute Gasteiger partial charge is 0.262 e. The van der Waals surface area contributed by atoms with E-state index >= 15 is 0 Å². The van der Waals surface area contributed by atoms with Crippen LogP contribution in [0.3, 0.4) is 0 Å². The third kappa shape index (κ3) is 3.89. The molecule has 0 aromatic heterocycles. The van der Waals surface area contributed by atoms with Crippen molar-refractivity contribution in [2.45, 2.75) is 0 Å². The maximum atomic E-state index is 11.7. The second kappa shape index (κ2) is 6.11. The number of nitrogen functional groups attached to an aromatic ring is 1. The molecule has 0 aliphatic carbocycles. The Hall–Kier alpha value is -2.20. The normalized spacial score (nSPS) is 9.95. The van der Waals surface area contributed by atoms with Gasteiger partial charge in [-0.3, -0.25) is 4.79 Å². The van der Waals surface area contributed by atoms with Crippen molar-refractivity contribution in [1.82, 2.24) is 0 Å². The molecule has 0 fully saturated rings. The lowest BCUT2D eigenvalue weighted by atomic mass is 10.3. The zero-order valence-corrected chi connectivity index (χ0v) is 10.9. The molecule has 2 aromatic carbocycles. The molecular weight excluding hydrogens is 264 g/mol. The number of anilines is 2. The molecule has 0 heterocycles. The molecule has 0 saturated heterocycles. The third-order valence-electron chi connectivity index (χ3n) is 2.41. The molecule has 0 atom stereocenters. The Balaban J connectivity index is 1.88. The van der Waals surface area contributed by atoms with Gasteiger partial charge in [0.15, 0.2) is 6.61 Å². The van der Waals surface area contributed by atoms with Gasteiger partial charge in [0.05, 0.1) is 5.69 Å². The number of hydrogen-bond donors (Lipinski definition) is 2. The van der Waals surface area contributed by atoms with E-state index in [0.29, 0.717) is 22.1 Å². The molecule has 2 rings (SSSR count). The van der Waals surface area contributed by atoms with E-state index in [2.05, 4.69) is 5.32 Å². The molecule has 0 bridgehead atoms. The van der Waals surface area contributed by atoms with Gasteiger partial charge in [0, 0.05) is 10.7 Å². The fourth-order valence-electron chi connectivity index (χ4n) is 1.49. The van der Waals surface area contributed by atoms with Crippen molar-refractivity contribution in [3.8, 4) is 5.75 Å². The first-order chi connectivity index (χ1) is 9.15. The highest BCUT2D eigenvalue weighted by atomic mass is 35.5. The summed E-state index contributed by atoms with van der Waals surface area (Å²) in [5.74, 6) is 0.235. The van der Waals surface area contributed by atoms with E-state index in [1.807, 2.05) is 0 Å². The highest BCUT2D eigenvalue weighted by Gasteiger charge is 2.05. The van der Waals surface area contributed by atoms with Gasteiger partial charge in [-0.25, -0.2) is 0 Å². The predicted molar refractivity (Wildman–Crippen MR) is 76.4 cm³/mol. The van der Waals surface area contributed by atoms with Crippen LogP contribution in [0.1, 0.15) is 0 Å². The summed E-state index contributed by atoms with van der Waals surface area (Å²) in [4.78, 5) is 11.7. The van der Waals surface area contributed by atoms with Crippen LogP contribution < -0.4 is 15.8 Å². The van der Waals surface area contributed by atoms with E-state index < -0.39 is 0 Å². The van der Waals surface area contributed by atoms with Gasteiger partial charge in [0.25, 0.3) is 5.91 Å². The molecule has 2 aromatic rings. The summed E-state index contributed by atoms with van der Waals surface area (Å²) in [6, 6.07) is 13.9. The zero-order valence-electron chi connectivity index (χ0n) is 10.1. The summed E-state index contributed by atoms with van der Waals surface area (Å²) >= 11 is 5.76. The lowest BCUT2D eigenvalue weighted by molar-refractivity contribution is -0.118. The van der Waals surface area contributed by atoms with E-state index in [4.69, 9.17) is 22.1 Å². The number of carbonyl (C=O) groups excluding carboxylic acids is 1. The Morgan fingerprint density at radius 3 is 2.53 bits per heavy atom. The van der Waals surface area contributed by atoms with Crippen molar-refractivity contribution < 1.29 is 9.53 Å². The van der Waals surface area contributed by atoms with Gasteiger partial charge < -0.3 is 15.8 Å². The average Bonchev–Trinajstić information content (AvgIpc) is 2.40. The summed E-state index contributed by atoms with van der Waals surface area (Å²) in [6.07, 6.45) is 0. The van der Waals surface area contributed by atoms with E-state index in [9.17, 15) is 4.79 Å². The standard InChI is InChI=1S/C14H13ClN2O2/c15-10-5-7-11(8-6-10)17-14(18)9-19-13-4-2-1-3-12(13)16/h1-8H,9,16H2,(H,17,18). The number of rotatable bonds is 4. The van der Waals surface area contributed by atoms with Crippen LogP contribution in [0.2, 0.25) is 5.02 Å². The summed E-state index contributed by atoms with van der Waals surface area (Å²) in [5.41, 5.74) is 6.87. The van der Waals surface area contributed by atoms with Crippen molar-refractivity contribution in [2.24, 2.45) is 0 Å². The van der Waals surface area contributed by atoms with Crippen LogP contribution in [0, 0.1) is 0 Å². The molecule has 98 valence electrons. The molecule has 0 unspecified atom stereocenters. The van der Waals surface area contributed by atoms with Crippen molar-refractivity contribution in [1.29, 1.82) is 0 Å². The largest absolute Gasteiger partial charge is 0.482 e. The van der Waals surface area contributed by atoms with Gasteiger partial charge in [-0.1, -0.05) is 23.7 Å². The van der Waals surface area contributed by atoms with Crippen LogP contribution in [0.4, 0.5) is 11.4 Å². The van der Waals surface area contributed by atoms with Gasteiger partial charge in [0.1, 0.15) is 5.75 Å². The maximum absolute atomic E-state index is 11.7. The molecule has 19 heavy (non-hydrogen) atoms. The van der Waals surface area contributed by atoms with E-state index in [1.54, 1.807) is 48.5 Å². The second-order valence-corrected chi connectivity index (χ2v) is 4.32. The summed E-state index contributed by atoms with van der Waals surface area (Å²) < 4.78 is 5.33. The third-order valence-corrected chi connectivity index (χ3v) is 2.66. The number of hydrogen-bond acceptors (Lipinski definition) is 3. The van der Waals surface area contributed by atoms with Crippen LogP contribution in [-0.2, 0) is 4.79 Å². The molecule has 1 amide bonds. The Kier molecular flexibility index (Phi) is 4.26. The monoisotopic (exact) mass is 276 g/mol. The number of carbonyl (C=O) groups is 1. The number of nitrogens with one attached hydrogen (secondary N) is 1. The van der Waals surface area contributed by atoms with Crippen LogP contribution in [-0.4, -0.2) is 12.5 Å². The van der Waals surface area contributed by atoms with Crippen LogP contribution >= 0.6 is 11.6 Å². The fourth-order valence-corrected chi connectivity index (χ4v) is 1.61. The van der Waals surface area contributed by atoms with E-state index in [1.165, 1.54) is 0 Å². The fraction of sp³-hybridized carbons (Fsp3) is 0.0714. The molecule has 5 heteroatoms. The minimum Gasteiger partial charge on any atom is -0.482 e. The van der Waals surface area contributed by atoms with Gasteiger partial charge >= 0.3 is 0 Å². The average molecular weight is 277 g/mol. The lowest BCUT2D eigenvalue weighted by Gasteiger charge is -2.09. The number of para-hydroxylation sites is 2. The lowest BCUT2D eigenvalue weighted by Crippen LogP contribution is -2.20. The first kappa shape index (κ1) is 13.2. The zero-order chi connectivity index (χ0) is 13.7. The Labute approximate surface area is 116 Å². The molecule has 0 radical (unpaired) electrons. The minimum absolute atomic E-state index is 0.100. The number of nitrogens with two attached hydrogens (primary N) is 1. The molecule has 0 aliphatic heterocycles. The second-order valence-electron chi connectivity index (χ2n) is 3.88. The molecule has 4 nitrogen and oxygen atoms in total. The number of benzene rings is 2. The number of ether oxygens (including phenoxy) is 1. The van der Waals surface area contributed by atoms with Crippen molar-refractivity contribution in [2.75, 3.05) is 17.7 Å². The van der Waals surface area contributed by atoms with Crippen LogP contribution in [0.15, 0.2) is 48.5 Å². The quantitative estimate of drug-likeness (QED) is 0.844. The van der Waals surface area contributed by atoms with Crippen molar-refractivity contribution in [3.05, 3.63) is 53.6 Å². The Bertz CT molecular complexity index is 570. The molecule has 3 N–H and O–H groups in total. The van der Waals surface area contributed by atoms with Crippen molar-refractivity contribution >= 4 is 28.9 Å². The van der Waals surface area contributed by atoms with Gasteiger partial charge in [-0.15, -0.1) is 0 Å². The van der Waals surface area contributed by atoms with Crippen molar-refractivity contribution in [3.63, 3.8) is 0 Å². The first-order valence-corrected chi connectivity index (χ1v) is 6.05. The number of amides is 1. The van der Waals surface area contributed by atoms with Gasteiger partial charge in [0.2, 0.25) is 0 Å². The van der Waals surface area contributed by atoms with Crippen LogP contribution in [0.25, 0.3) is 0 Å². The molecule has 0 saturated carbocycles. The van der Waals surface area contributed by atoms with Crippen LogP contribution in [0.5, 0.6) is 5.75 Å².